The van der Waals surface area contributed by atoms with E-state index in [-0.39, 0.29) is 0 Å². The third kappa shape index (κ3) is 1.62. The molecule has 4 fully saturated rings. The first-order valence-electron chi connectivity index (χ1n) is 8.15. The quantitative estimate of drug-likeness (QED) is 0.815. The smallest absolute Gasteiger partial charge is 0.0216 e. The molecule has 102 valence electrons. The minimum absolute atomic E-state index is 0.846. The van der Waals surface area contributed by atoms with E-state index in [1.807, 2.05) is 11.3 Å². The van der Waals surface area contributed by atoms with Gasteiger partial charge in [-0.1, -0.05) is 0 Å². The third-order valence-corrected chi connectivity index (χ3v) is 7.65. The number of nitrogens with one attached hydrogen (secondary N) is 1. The predicted molar refractivity (Wildman–Crippen MR) is 79.3 cm³/mol. The highest BCUT2D eigenvalue weighted by atomic mass is 32.1. The van der Waals surface area contributed by atoms with Gasteiger partial charge in [-0.15, -0.1) is 11.3 Å². The standard InChI is InChI=1S/C17H23NS/c1-2-19-17-12(1)8-18-9-15(17)16-13-4-10-3-11(6-13)7-14(16)5-10/h1-2,10-11,13-16,18H,3-9H2. The highest BCUT2D eigenvalue weighted by Crippen LogP contribution is 2.60. The molecule has 0 saturated heterocycles. The number of hydrogen-bond donors (Lipinski definition) is 1. The molecule has 4 saturated carbocycles. The van der Waals surface area contributed by atoms with Crippen molar-refractivity contribution in [2.24, 2.45) is 29.6 Å². The summed E-state index contributed by atoms with van der Waals surface area (Å²) in [6.45, 7) is 2.36. The largest absolute Gasteiger partial charge is 0.312 e. The van der Waals surface area contributed by atoms with Crippen molar-refractivity contribution in [3.8, 4) is 0 Å². The molecule has 6 rings (SSSR count). The van der Waals surface area contributed by atoms with Crippen molar-refractivity contribution in [3.05, 3.63) is 21.9 Å². The van der Waals surface area contributed by atoms with Crippen molar-refractivity contribution < 1.29 is 0 Å². The van der Waals surface area contributed by atoms with Crippen LogP contribution in [0.25, 0.3) is 0 Å². The average molecular weight is 273 g/mol. The second kappa shape index (κ2) is 4.08. The fourth-order valence-corrected chi connectivity index (χ4v) is 7.29. The van der Waals surface area contributed by atoms with Crippen molar-refractivity contribution in [2.45, 2.75) is 44.6 Å². The summed E-state index contributed by atoms with van der Waals surface area (Å²) in [4.78, 5) is 1.75. The Bertz CT molecular complexity index is 463. The van der Waals surface area contributed by atoms with Gasteiger partial charge in [0.05, 0.1) is 0 Å². The summed E-state index contributed by atoms with van der Waals surface area (Å²) in [6, 6.07) is 2.36. The van der Waals surface area contributed by atoms with E-state index in [4.69, 9.17) is 0 Å². The van der Waals surface area contributed by atoms with E-state index in [1.54, 1.807) is 42.5 Å². The van der Waals surface area contributed by atoms with E-state index in [0.717, 1.165) is 42.1 Å². The average Bonchev–Trinajstić information content (AvgIpc) is 2.86. The van der Waals surface area contributed by atoms with Gasteiger partial charge in [0.25, 0.3) is 0 Å². The van der Waals surface area contributed by atoms with E-state index >= 15 is 0 Å². The lowest BCUT2D eigenvalue weighted by molar-refractivity contribution is -0.0480. The third-order valence-electron chi connectivity index (χ3n) is 6.56. The van der Waals surface area contributed by atoms with Crippen LogP contribution in [0.4, 0.5) is 0 Å². The van der Waals surface area contributed by atoms with Gasteiger partial charge >= 0.3 is 0 Å². The zero-order valence-electron chi connectivity index (χ0n) is 11.5. The number of hydrogen-bond acceptors (Lipinski definition) is 2. The molecule has 1 unspecified atom stereocenters. The normalized spacial score (nSPS) is 47.4. The van der Waals surface area contributed by atoms with Gasteiger partial charge in [0.15, 0.2) is 0 Å². The Morgan fingerprint density at radius 3 is 2.47 bits per heavy atom. The van der Waals surface area contributed by atoms with Crippen LogP contribution in [0.5, 0.6) is 0 Å². The molecule has 1 N–H and O–H groups in total. The van der Waals surface area contributed by atoms with Gasteiger partial charge in [-0.05, 0) is 78.7 Å². The maximum atomic E-state index is 3.69. The Morgan fingerprint density at radius 1 is 1.00 bits per heavy atom. The van der Waals surface area contributed by atoms with E-state index < -0.39 is 0 Å². The molecular weight excluding hydrogens is 250 g/mol. The highest BCUT2D eigenvalue weighted by molar-refractivity contribution is 7.10. The SMILES string of the molecule is c1cc2c(s1)C(C1C3CC4CC(C3)CC1C4)CNC2. The Hall–Kier alpha value is -0.340. The summed E-state index contributed by atoms with van der Waals surface area (Å²) < 4.78 is 0. The first kappa shape index (κ1) is 11.3. The molecule has 0 radical (unpaired) electrons. The monoisotopic (exact) mass is 273 g/mol. The summed E-state index contributed by atoms with van der Waals surface area (Å²) in [6.07, 6.45) is 7.83. The van der Waals surface area contributed by atoms with Crippen LogP contribution in [-0.4, -0.2) is 6.54 Å². The van der Waals surface area contributed by atoms with Gasteiger partial charge in [0, 0.05) is 23.9 Å². The Balaban J connectivity index is 1.51. The van der Waals surface area contributed by atoms with E-state index in [1.165, 1.54) is 6.54 Å². The maximum Gasteiger partial charge on any atom is 0.0216 e. The van der Waals surface area contributed by atoms with Gasteiger partial charge in [-0.25, -0.2) is 0 Å². The molecule has 5 aliphatic rings. The van der Waals surface area contributed by atoms with E-state index in [0.29, 0.717) is 0 Å². The molecule has 1 atom stereocenters. The lowest BCUT2D eigenvalue weighted by Gasteiger charge is -2.57. The van der Waals surface area contributed by atoms with E-state index in [9.17, 15) is 0 Å². The van der Waals surface area contributed by atoms with Crippen molar-refractivity contribution in [1.29, 1.82) is 0 Å². The molecule has 1 aromatic rings. The Morgan fingerprint density at radius 2 is 1.74 bits per heavy atom. The van der Waals surface area contributed by atoms with Crippen LogP contribution in [0.3, 0.4) is 0 Å². The fourth-order valence-electron chi connectivity index (χ4n) is 6.21. The van der Waals surface area contributed by atoms with Crippen molar-refractivity contribution in [3.63, 3.8) is 0 Å². The molecule has 1 nitrogen and oxygen atoms in total. The predicted octanol–water partition coefficient (Wildman–Crippen LogP) is 4.01. The molecule has 4 aliphatic carbocycles. The number of rotatable bonds is 1. The van der Waals surface area contributed by atoms with Crippen LogP contribution in [0.1, 0.15) is 48.5 Å². The van der Waals surface area contributed by atoms with Crippen molar-refractivity contribution >= 4 is 11.3 Å². The molecule has 2 heterocycles. The summed E-state index contributed by atoms with van der Waals surface area (Å²) in [5.74, 6) is 6.21. The zero-order chi connectivity index (χ0) is 12.4. The minimum atomic E-state index is 0.846. The molecule has 1 aromatic heterocycles. The van der Waals surface area contributed by atoms with Gasteiger partial charge < -0.3 is 5.32 Å². The van der Waals surface area contributed by atoms with Crippen LogP contribution < -0.4 is 5.32 Å². The van der Waals surface area contributed by atoms with Crippen LogP contribution in [0.2, 0.25) is 0 Å². The van der Waals surface area contributed by atoms with Gasteiger partial charge in [-0.2, -0.15) is 0 Å². The minimum Gasteiger partial charge on any atom is -0.312 e. The molecule has 0 amide bonds. The van der Waals surface area contributed by atoms with Crippen LogP contribution >= 0.6 is 11.3 Å². The Kier molecular flexibility index (Phi) is 2.43. The lowest BCUT2D eigenvalue weighted by Crippen LogP contribution is -2.49. The highest BCUT2D eigenvalue weighted by Gasteiger charge is 2.51. The number of thiophene rings is 1. The second-order valence-electron chi connectivity index (χ2n) is 7.56. The molecule has 4 bridgehead atoms. The van der Waals surface area contributed by atoms with Gasteiger partial charge in [0.2, 0.25) is 0 Å². The summed E-state index contributed by atoms with van der Waals surface area (Å²) in [5, 5.41) is 6.01. The Labute approximate surface area is 119 Å². The van der Waals surface area contributed by atoms with Crippen LogP contribution in [-0.2, 0) is 6.54 Å². The first-order valence-corrected chi connectivity index (χ1v) is 9.03. The molecule has 2 heteroatoms. The zero-order valence-corrected chi connectivity index (χ0v) is 12.3. The molecular formula is C17H23NS. The van der Waals surface area contributed by atoms with Crippen LogP contribution in [0, 0.1) is 29.6 Å². The maximum absolute atomic E-state index is 3.69. The van der Waals surface area contributed by atoms with Crippen molar-refractivity contribution in [1.82, 2.24) is 5.32 Å². The van der Waals surface area contributed by atoms with E-state index in [2.05, 4.69) is 16.8 Å². The lowest BCUT2D eigenvalue weighted by atomic mass is 9.49. The second-order valence-corrected chi connectivity index (χ2v) is 8.50. The molecule has 0 aromatic carbocycles. The molecule has 0 spiro atoms. The van der Waals surface area contributed by atoms with Crippen LogP contribution in [0.15, 0.2) is 11.4 Å². The van der Waals surface area contributed by atoms with Crippen molar-refractivity contribution in [2.75, 3.05) is 6.54 Å². The molecule has 19 heavy (non-hydrogen) atoms. The first-order chi connectivity index (χ1) is 9.38. The summed E-state index contributed by atoms with van der Waals surface area (Å²) in [5.41, 5.74) is 1.61. The topological polar surface area (TPSA) is 12.0 Å². The molecule has 1 aliphatic heterocycles. The fraction of sp³-hybridized carbons (Fsp3) is 0.765. The summed E-state index contributed by atoms with van der Waals surface area (Å²) >= 11 is 2.04. The van der Waals surface area contributed by atoms with Gasteiger partial charge in [-0.3, -0.25) is 0 Å². The summed E-state index contributed by atoms with van der Waals surface area (Å²) in [7, 11) is 0. The number of fused-ring (bicyclic) bond motifs is 1. The van der Waals surface area contributed by atoms with Gasteiger partial charge in [0.1, 0.15) is 0 Å².